The van der Waals surface area contributed by atoms with Crippen molar-refractivity contribution in [3.63, 3.8) is 0 Å². The number of methoxy groups -OCH3 is 1. The van der Waals surface area contributed by atoms with E-state index in [4.69, 9.17) is 4.74 Å². The lowest BCUT2D eigenvalue weighted by Gasteiger charge is -2.22. The summed E-state index contributed by atoms with van der Waals surface area (Å²) in [4.78, 5) is 13.9. The summed E-state index contributed by atoms with van der Waals surface area (Å²) in [5, 5.41) is 3.18. The molecule has 84 valence electrons. The fourth-order valence-corrected chi connectivity index (χ4v) is 2.05. The molecule has 0 saturated heterocycles. The van der Waals surface area contributed by atoms with Crippen molar-refractivity contribution in [2.45, 2.75) is 32.9 Å². The van der Waals surface area contributed by atoms with Crippen LogP contribution in [0, 0.1) is 6.92 Å². The summed E-state index contributed by atoms with van der Waals surface area (Å²) in [6, 6.07) is 4.15. The normalized spacial score (nSPS) is 11.5. The Balaban J connectivity index is 2.53. The van der Waals surface area contributed by atoms with Gasteiger partial charge in [-0.2, -0.15) is 0 Å². The van der Waals surface area contributed by atoms with Crippen LogP contribution < -0.4 is 5.32 Å². The first-order valence-electron chi connectivity index (χ1n) is 4.84. The van der Waals surface area contributed by atoms with E-state index in [0.717, 1.165) is 0 Å². The minimum Gasteiger partial charge on any atom is -0.468 e. The topological polar surface area (TPSA) is 38.3 Å². The van der Waals surface area contributed by atoms with E-state index in [1.165, 1.54) is 16.9 Å². The lowest BCUT2D eigenvalue weighted by molar-refractivity contribution is -0.147. The predicted molar refractivity (Wildman–Crippen MR) is 62.0 cm³/mol. The Labute approximate surface area is 94.5 Å². The summed E-state index contributed by atoms with van der Waals surface area (Å²) in [6.45, 7) is 6.40. The van der Waals surface area contributed by atoms with Crippen LogP contribution in [0.5, 0.6) is 0 Å². The van der Waals surface area contributed by atoms with Crippen molar-refractivity contribution in [2.75, 3.05) is 7.11 Å². The smallest absolute Gasteiger partial charge is 0.325 e. The average Bonchev–Trinajstić information content (AvgIpc) is 2.60. The number of ether oxygens (including phenoxy) is 1. The first-order chi connectivity index (χ1) is 6.95. The van der Waals surface area contributed by atoms with Gasteiger partial charge in [-0.15, -0.1) is 11.3 Å². The van der Waals surface area contributed by atoms with Gasteiger partial charge in [0.25, 0.3) is 0 Å². The highest BCUT2D eigenvalue weighted by atomic mass is 32.1. The van der Waals surface area contributed by atoms with Gasteiger partial charge in [0.1, 0.15) is 5.54 Å². The lowest BCUT2D eigenvalue weighted by Crippen LogP contribution is -2.46. The molecule has 0 spiro atoms. The van der Waals surface area contributed by atoms with Crippen LogP contribution in [-0.2, 0) is 16.1 Å². The molecule has 1 rings (SSSR count). The van der Waals surface area contributed by atoms with Gasteiger partial charge in [0.15, 0.2) is 0 Å². The number of thiophene rings is 1. The number of carbonyl (C=O) groups is 1. The van der Waals surface area contributed by atoms with Crippen molar-refractivity contribution in [1.82, 2.24) is 5.32 Å². The summed E-state index contributed by atoms with van der Waals surface area (Å²) < 4.78 is 4.71. The molecule has 0 aromatic carbocycles. The van der Waals surface area contributed by atoms with Crippen LogP contribution in [0.3, 0.4) is 0 Å². The summed E-state index contributed by atoms with van der Waals surface area (Å²) >= 11 is 1.73. The molecule has 0 bridgehead atoms. The Bertz CT molecular complexity index is 344. The predicted octanol–water partition coefficient (Wildman–Crippen LogP) is 2.10. The van der Waals surface area contributed by atoms with E-state index in [1.54, 1.807) is 11.3 Å². The van der Waals surface area contributed by atoms with Gasteiger partial charge in [0.2, 0.25) is 0 Å². The van der Waals surface area contributed by atoms with Crippen molar-refractivity contribution in [1.29, 1.82) is 0 Å². The van der Waals surface area contributed by atoms with Gasteiger partial charge in [0, 0.05) is 16.3 Å². The second kappa shape index (κ2) is 4.77. The molecule has 0 radical (unpaired) electrons. The van der Waals surface area contributed by atoms with Gasteiger partial charge in [-0.05, 0) is 32.9 Å². The first-order valence-corrected chi connectivity index (χ1v) is 5.66. The minimum atomic E-state index is -0.632. The van der Waals surface area contributed by atoms with Crippen molar-refractivity contribution in [2.24, 2.45) is 0 Å². The zero-order chi connectivity index (χ0) is 11.5. The minimum absolute atomic E-state index is 0.240. The van der Waals surface area contributed by atoms with Gasteiger partial charge in [-0.25, -0.2) is 0 Å². The van der Waals surface area contributed by atoms with Gasteiger partial charge in [-0.3, -0.25) is 10.1 Å². The lowest BCUT2D eigenvalue weighted by atomic mass is 10.1. The molecule has 4 heteroatoms. The van der Waals surface area contributed by atoms with Crippen molar-refractivity contribution in [3.8, 4) is 0 Å². The van der Waals surface area contributed by atoms with Crippen LogP contribution >= 0.6 is 11.3 Å². The first kappa shape index (κ1) is 12.2. The molecule has 1 aromatic rings. The molecule has 0 atom stereocenters. The van der Waals surface area contributed by atoms with Crippen LogP contribution in [0.1, 0.15) is 23.6 Å². The maximum Gasteiger partial charge on any atom is 0.325 e. The van der Waals surface area contributed by atoms with Gasteiger partial charge >= 0.3 is 5.97 Å². The van der Waals surface area contributed by atoms with Crippen LogP contribution in [0.15, 0.2) is 12.1 Å². The Kier molecular flexibility index (Phi) is 3.88. The van der Waals surface area contributed by atoms with E-state index < -0.39 is 5.54 Å². The molecule has 15 heavy (non-hydrogen) atoms. The number of carbonyl (C=O) groups excluding carboxylic acids is 1. The Morgan fingerprint density at radius 3 is 2.67 bits per heavy atom. The van der Waals surface area contributed by atoms with Crippen LogP contribution in [0.25, 0.3) is 0 Å². The average molecular weight is 227 g/mol. The second-order valence-corrected chi connectivity index (χ2v) is 5.35. The monoisotopic (exact) mass is 227 g/mol. The van der Waals surface area contributed by atoms with E-state index in [2.05, 4.69) is 24.4 Å². The fourth-order valence-electron chi connectivity index (χ4n) is 1.22. The number of hydrogen-bond donors (Lipinski definition) is 1. The number of nitrogens with one attached hydrogen (secondary N) is 1. The van der Waals surface area contributed by atoms with Crippen LogP contribution in [0.4, 0.5) is 0 Å². The molecule has 0 aliphatic rings. The third-order valence-corrected chi connectivity index (χ3v) is 3.20. The molecule has 1 aromatic heterocycles. The zero-order valence-electron chi connectivity index (χ0n) is 9.59. The number of hydrogen-bond acceptors (Lipinski definition) is 4. The van der Waals surface area contributed by atoms with Gasteiger partial charge < -0.3 is 4.74 Å². The summed E-state index contributed by atoms with van der Waals surface area (Å²) in [5.74, 6) is -0.240. The number of esters is 1. The molecule has 1 heterocycles. The molecular weight excluding hydrogens is 210 g/mol. The highest BCUT2D eigenvalue weighted by molar-refractivity contribution is 7.11. The van der Waals surface area contributed by atoms with Crippen LogP contribution in [-0.4, -0.2) is 18.6 Å². The van der Waals surface area contributed by atoms with Gasteiger partial charge in [-0.1, -0.05) is 0 Å². The maximum absolute atomic E-state index is 11.4. The Morgan fingerprint density at radius 2 is 2.20 bits per heavy atom. The molecule has 0 saturated carbocycles. The molecule has 0 aliphatic heterocycles. The van der Waals surface area contributed by atoms with E-state index in [-0.39, 0.29) is 5.97 Å². The number of rotatable bonds is 4. The Hall–Kier alpha value is -0.870. The molecule has 0 amide bonds. The third-order valence-electron chi connectivity index (χ3n) is 2.20. The SMILES string of the molecule is COC(=O)C(C)(C)NCc1ccc(C)s1. The Morgan fingerprint density at radius 1 is 1.53 bits per heavy atom. The fraction of sp³-hybridized carbons (Fsp3) is 0.545. The van der Waals surface area contributed by atoms with Gasteiger partial charge in [0.05, 0.1) is 7.11 Å². The molecule has 1 N–H and O–H groups in total. The van der Waals surface area contributed by atoms with E-state index in [0.29, 0.717) is 6.54 Å². The summed E-state index contributed by atoms with van der Waals surface area (Å²) in [5.41, 5.74) is -0.632. The molecule has 0 aliphatic carbocycles. The maximum atomic E-state index is 11.4. The van der Waals surface area contributed by atoms with E-state index in [9.17, 15) is 4.79 Å². The van der Waals surface area contributed by atoms with Crippen molar-refractivity contribution < 1.29 is 9.53 Å². The quantitative estimate of drug-likeness (QED) is 0.800. The molecule has 0 unspecified atom stereocenters. The van der Waals surface area contributed by atoms with Crippen LogP contribution in [0.2, 0.25) is 0 Å². The highest BCUT2D eigenvalue weighted by Gasteiger charge is 2.27. The summed E-state index contributed by atoms with van der Waals surface area (Å²) in [6.07, 6.45) is 0. The number of aryl methyl sites for hydroxylation is 1. The zero-order valence-corrected chi connectivity index (χ0v) is 10.4. The standard InChI is InChI=1S/C11H17NO2S/c1-8-5-6-9(15-8)7-12-11(2,3)10(13)14-4/h5-6,12H,7H2,1-4H3. The third kappa shape index (κ3) is 3.32. The molecular formula is C11H17NO2S. The molecule has 3 nitrogen and oxygen atoms in total. The van der Waals surface area contributed by atoms with E-state index in [1.807, 2.05) is 13.8 Å². The van der Waals surface area contributed by atoms with E-state index >= 15 is 0 Å². The summed E-state index contributed by atoms with van der Waals surface area (Å²) in [7, 11) is 1.40. The van der Waals surface area contributed by atoms with Crippen molar-refractivity contribution in [3.05, 3.63) is 21.9 Å². The van der Waals surface area contributed by atoms with Crippen molar-refractivity contribution >= 4 is 17.3 Å². The largest absolute Gasteiger partial charge is 0.468 e. The highest BCUT2D eigenvalue weighted by Crippen LogP contribution is 2.16. The second-order valence-electron chi connectivity index (χ2n) is 3.98. The molecule has 0 fully saturated rings.